The maximum Gasteiger partial charge on any atom is 0.270 e. The predicted octanol–water partition coefficient (Wildman–Crippen LogP) is 3.52. The Morgan fingerprint density at radius 2 is 1.77 bits per heavy atom. The third-order valence-corrected chi connectivity index (χ3v) is 4.50. The van der Waals surface area contributed by atoms with Crippen LogP contribution >= 0.6 is 12.2 Å². The Morgan fingerprint density at radius 3 is 2.35 bits per heavy atom. The molecule has 0 aliphatic carbocycles. The molecule has 1 aromatic carbocycles. The number of aromatic nitrogens is 1. The number of thiocarbonyl (C=S) groups is 1. The maximum atomic E-state index is 13.0. The van der Waals surface area contributed by atoms with Gasteiger partial charge in [0.15, 0.2) is 5.11 Å². The van der Waals surface area contributed by atoms with Gasteiger partial charge in [-0.15, -0.1) is 0 Å². The molecule has 3 rings (SSSR count). The van der Waals surface area contributed by atoms with Gasteiger partial charge in [-0.1, -0.05) is 6.07 Å². The van der Waals surface area contributed by atoms with Crippen molar-refractivity contribution >= 4 is 40.9 Å². The Morgan fingerprint density at radius 1 is 1.12 bits per heavy atom. The van der Waals surface area contributed by atoms with Crippen LogP contribution in [0.3, 0.4) is 0 Å². The summed E-state index contributed by atoms with van der Waals surface area (Å²) in [5, 5.41) is 2.72. The molecule has 0 unspecified atom stereocenters. The smallest absolute Gasteiger partial charge is 0.270 e. The largest absolute Gasteiger partial charge is 0.351 e. The van der Waals surface area contributed by atoms with Gasteiger partial charge in [-0.2, -0.15) is 0 Å². The number of nitrogens with zero attached hydrogens (tertiary/aromatic N) is 2. The SMILES string of the molecule is Cc1cc(C)cc(N2C(=O)/C(=C\c3ccn(C(C)C)c3)C(=O)NC2=S)c1. The molecule has 1 aromatic heterocycles. The van der Waals surface area contributed by atoms with E-state index in [2.05, 4.69) is 19.2 Å². The van der Waals surface area contributed by atoms with Gasteiger partial charge in [0.05, 0.1) is 5.69 Å². The summed E-state index contributed by atoms with van der Waals surface area (Å²) in [6.45, 7) is 8.04. The minimum Gasteiger partial charge on any atom is -0.351 e. The second kappa shape index (κ2) is 6.88. The number of amides is 2. The van der Waals surface area contributed by atoms with Crippen LogP contribution in [0.15, 0.2) is 42.2 Å². The highest BCUT2D eigenvalue weighted by molar-refractivity contribution is 7.80. The molecule has 5 nitrogen and oxygen atoms in total. The average Bonchev–Trinajstić information content (AvgIpc) is 2.99. The summed E-state index contributed by atoms with van der Waals surface area (Å²) in [6, 6.07) is 7.95. The number of anilines is 1. The highest BCUT2D eigenvalue weighted by Crippen LogP contribution is 2.24. The van der Waals surface area contributed by atoms with E-state index in [1.807, 2.05) is 55.1 Å². The summed E-state index contributed by atoms with van der Waals surface area (Å²) in [5.41, 5.74) is 3.56. The van der Waals surface area contributed by atoms with Crippen molar-refractivity contribution in [3.05, 3.63) is 58.9 Å². The first-order valence-corrected chi connectivity index (χ1v) is 8.84. The molecule has 134 valence electrons. The summed E-state index contributed by atoms with van der Waals surface area (Å²) in [5.74, 6) is -0.890. The van der Waals surface area contributed by atoms with Gasteiger partial charge in [0.2, 0.25) is 0 Å². The minimum absolute atomic E-state index is 0.0688. The van der Waals surface area contributed by atoms with E-state index < -0.39 is 11.8 Å². The maximum absolute atomic E-state index is 13.0. The van der Waals surface area contributed by atoms with Crippen molar-refractivity contribution in [1.82, 2.24) is 9.88 Å². The van der Waals surface area contributed by atoms with Gasteiger partial charge in [0.1, 0.15) is 5.57 Å². The molecule has 1 fully saturated rings. The molecule has 0 atom stereocenters. The summed E-state index contributed by atoms with van der Waals surface area (Å²) in [4.78, 5) is 26.7. The fraction of sp³-hybridized carbons (Fsp3) is 0.250. The fourth-order valence-electron chi connectivity index (χ4n) is 2.98. The van der Waals surface area contributed by atoms with Crippen molar-refractivity contribution < 1.29 is 9.59 Å². The number of nitrogens with one attached hydrogen (secondary N) is 1. The number of carbonyl (C=O) groups is 2. The Bertz CT molecular complexity index is 920. The van der Waals surface area contributed by atoms with Crippen LogP contribution in [-0.4, -0.2) is 21.5 Å². The zero-order chi connectivity index (χ0) is 19.0. The number of benzene rings is 1. The van der Waals surface area contributed by atoms with Crippen molar-refractivity contribution in [2.24, 2.45) is 0 Å². The molecule has 6 heteroatoms. The molecule has 0 saturated carbocycles. The zero-order valence-corrected chi connectivity index (χ0v) is 16.1. The number of rotatable bonds is 3. The van der Waals surface area contributed by atoms with Gasteiger partial charge in [-0.05, 0) is 80.9 Å². The lowest BCUT2D eigenvalue weighted by Gasteiger charge is -2.29. The zero-order valence-electron chi connectivity index (χ0n) is 15.2. The number of hydrogen-bond acceptors (Lipinski definition) is 3. The highest BCUT2D eigenvalue weighted by atomic mass is 32.1. The lowest BCUT2D eigenvalue weighted by Crippen LogP contribution is -2.54. The third kappa shape index (κ3) is 3.46. The molecule has 0 radical (unpaired) electrons. The molecule has 0 bridgehead atoms. The van der Waals surface area contributed by atoms with Crippen molar-refractivity contribution in [3.63, 3.8) is 0 Å². The van der Waals surface area contributed by atoms with E-state index in [1.54, 1.807) is 6.08 Å². The molecule has 0 spiro atoms. The van der Waals surface area contributed by atoms with Crippen molar-refractivity contribution in [2.45, 2.75) is 33.7 Å². The van der Waals surface area contributed by atoms with E-state index in [9.17, 15) is 9.59 Å². The summed E-state index contributed by atoms with van der Waals surface area (Å²) in [7, 11) is 0. The Hall–Kier alpha value is -2.73. The predicted molar refractivity (Wildman–Crippen MR) is 107 cm³/mol. The standard InChI is InChI=1S/C20H21N3O2S/c1-12(2)22-6-5-15(11-22)10-17-18(24)21-20(26)23(19(17)25)16-8-13(3)7-14(4)9-16/h5-12H,1-4H3,(H,21,24,26)/b17-10-. The second-order valence-electron chi connectivity index (χ2n) is 6.79. The molecule has 1 N–H and O–H groups in total. The van der Waals surface area contributed by atoms with E-state index in [1.165, 1.54) is 4.90 Å². The molecule has 2 amide bonds. The molecular formula is C20H21N3O2S. The van der Waals surface area contributed by atoms with Crippen LogP contribution < -0.4 is 10.2 Å². The van der Waals surface area contributed by atoms with Gasteiger partial charge in [-0.3, -0.25) is 19.8 Å². The van der Waals surface area contributed by atoms with Crippen LogP contribution in [0.1, 0.15) is 36.6 Å². The highest BCUT2D eigenvalue weighted by Gasteiger charge is 2.34. The van der Waals surface area contributed by atoms with Crippen LogP contribution in [0.25, 0.3) is 6.08 Å². The van der Waals surface area contributed by atoms with E-state index in [0.717, 1.165) is 16.7 Å². The van der Waals surface area contributed by atoms with Crippen LogP contribution in [0.2, 0.25) is 0 Å². The van der Waals surface area contributed by atoms with Gasteiger partial charge >= 0.3 is 0 Å². The topological polar surface area (TPSA) is 54.3 Å². The average molecular weight is 367 g/mol. The van der Waals surface area contributed by atoms with Crippen molar-refractivity contribution in [3.8, 4) is 0 Å². The van der Waals surface area contributed by atoms with E-state index in [-0.39, 0.29) is 10.7 Å². The van der Waals surface area contributed by atoms with Gasteiger partial charge < -0.3 is 4.57 Å². The Kier molecular flexibility index (Phi) is 4.78. The Balaban J connectivity index is 2.01. The van der Waals surface area contributed by atoms with Gasteiger partial charge in [-0.25, -0.2) is 0 Å². The van der Waals surface area contributed by atoms with Crippen LogP contribution in [0, 0.1) is 13.8 Å². The van der Waals surface area contributed by atoms with Gasteiger partial charge in [0, 0.05) is 18.4 Å². The molecule has 2 heterocycles. The quantitative estimate of drug-likeness (QED) is 0.513. The molecule has 26 heavy (non-hydrogen) atoms. The van der Waals surface area contributed by atoms with E-state index in [0.29, 0.717) is 11.7 Å². The second-order valence-corrected chi connectivity index (χ2v) is 7.18. The lowest BCUT2D eigenvalue weighted by molar-refractivity contribution is -0.122. The first-order chi connectivity index (χ1) is 12.3. The molecular weight excluding hydrogens is 346 g/mol. The van der Waals surface area contributed by atoms with Gasteiger partial charge in [0.25, 0.3) is 11.8 Å². The first kappa shape index (κ1) is 18.1. The minimum atomic E-state index is -0.474. The third-order valence-electron chi connectivity index (χ3n) is 4.21. The van der Waals surface area contributed by atoms with E-state index >= 15 is 0 Å². The van der Waals surface area contributed by atoms with Crippen molar-refractivity contribution in [2.75, 3.05) is 4.90 Å². The number of hydrogen-bond donors (Lipinski definition) is 1. The van der Waals surface area contributed by atoms with E-state index in [4.69, 9.17) is 12.2 Å². The van der Waals surface area contributed by atoms with Crippen LogP contribution in [0.4, 0.5) is 5.69 Å². The normalized spacial score (nSPS) is 16.6. The molecule has 1 aliphatic heterocycles. The molecule has 1 aliphatic rings. The summed E-state index contributed by atoms with van der Waals surface area (Å²) in [6.07, 6.45) is 5.44. The van der Waals surface area contributed by atoms with Crippen molar-refractivity contribution in [1.29, 1.82) is 0 Å². The Labute approximate surface area is 158 Å². The fourth-order valence-corrected chi connectivity index (χ4v) is 3.26. The lowest BCUT2D eigenvalue weighted by atomic mass is 10.1. The summed E-state index contributed by atoms with van der Waals surface area (Å²) < 4.78 is 2.02. The van der Waals surface area contributed by atoms with Crippen LogP contribution in [-0.2, 0) is 9.59 Å². The first-order valence-electron chi connectivity index (χ1n) is 8.43. The summed E-state index contributed by atoms with van der Waals surface area (Å²) >= 11 is 5.25. The van der Waals surface area contributed by atoms with Crippen LogP contribution in [0.5, 0.6) is 0 Å². The number of carbonyl (C=O) groups excluding carboxylic acids is 2. The monoisotopic (exact) mass is 367 g/mol. The molecule has 1 saturated heterocycles. The molecule has 2 aromatic rings. The number of aryl methyl sites for hydroxylation is 2.